The zero-order valence-electron chi connectivity index (χ0n) is 23.4. The van der Waals surface area contributed by atoms with E-state index in [-0.39, 0.29) is 11.4 Å². The number of ether oxygens (including phenoxy) is 2. The monoisotopic (exact) mass is 503 g/mol. The van der Waals surface area contributed by atoms with Crippen LogP contribution in [0.5, 0.6) is 0 Å². The van der Waals surface area contributed by atoms with Gasteiger partial charge in [0.25, 0.3) is 0 Å². The summed E-state index contributed by atoms with van der Waals surface area (Å²) in [6, 6.07) is 4.82. The van der Waals surface area contributed by atoms with Crippen molar-refractivity contribution in [1.82, 2.24) is 4.98 Å². The molecular formula is C31H53NO4. The molecule has 1 rings (SSSR count). The fraction of sp³-hybridized carbons (Fsp3) is 0.774. The first-order valence-corrected chi connectivity index (χ1v) is 15.0. The molecule has 36 heavy (non-hydrogen) atoms. The number of esters is 2. The first-order valence-electron chi connectivity index (χ1n) is 15.0. The largest absolute Gasteiger partial charge is 0.461 e. The van der Waals surface area contributed by atoms with Crippen molar-refractivity contribution < 1.29 is 19.1 Å². The molecule has 0 saturated heterocycles. The molecule has 0 spiro atoms. The van der Waals surface area contributed by atoms with Gasteiger partial charge in [0.2, 0.25) is 0 Å². The molecule has 0 saturated carbocycles. The number of carbonyl (C=O) groups is 2. The lowest BCUT2D eigenvalue weighted by Crippen LogP contribution is -2.13. The molecule has 0 radical (unpaired) electrons. The van der Waals surface area contributed by atoms with E-state index in [0.717, 1.165) is 25.7 Å². The van der Waals surface area contributed by atoms with Crippen molar-refractivity contribution in [2.75, 3.05) is 13.2 Å². The average molecular weight is 504 g/mol. The Morgan fingerprint density at radius 3 is 1.17 bits per heavy atom. The first-order chi connectivity index (χ1) is 17.7. The summed E-state index contributed by atoms with van der Waals surface area (Å²) in [6.45, 7) is 5.27. The summed E-state index contributed by atoms with van der Waals surface area (Å²) in [5.74, 6) is -0.953. The summed E-state index contributed by atoms with van der Waals surface area (Å²) in [7, 11) is 0. The summed E-state index contributed by atoms with van der Waals surface area (Å²) >= 11 is 0. The summed E-state index contributed by atoms with van der Waals surface area (Å²) < 4.78 is 10.7. The van der Waals surface area contributed by atoms with Crippen molar-refractivity contribution in [3.8, 4) is 0 Å². The molecule has 0 atom stereocenters. The third kappa shape index (κ3) is 17.5. The number of carbonyl (C=O) groups excluding carboxylic acids is 2. The van der Waals surface area contributed by atoms with E-state index in [2.05, 4.69) is 18.8 Å². The Balaban J connectivity index is 2.09. The smallest absolute Gasteiger partial charge is 0.356 e. The van der Waals surface area contributed by atoms with Gasteiger partial charge in [-0.1, -0.05) is 135 Å². The normalized spacial score (nSPS) is 10.9. The van der Waals surface area contributed by atoms with E-state index in [0.29, 0.717) is 13.2 Å². The number of aromatic nitrogens is 1. The highest BCUT2D eigenvalue weighted by molar-refractivity contribution is 5.91. The highest BCUT2D eigenvalue weighted by Crippen LogP contribution is 2.12. The molecule has 1 heterocycles. The Bertz CT molecular complexity index is 676. The van der Waals surface area contributed by atoms with Crippen LogP contribution in [0.2, 0.25) is 0 Å². The van der Waals surface area contributed by atoms with E-state index in [1.54, 1.807) is 18.2 Å². The number of hydrogen-bond acceptors (Lipinski definition) is 5. The van der Waals surface area contributed by atoms with Crippen molar-refractivity contribution in [2.24, 2.45) is 0 Å². The predicted molar refractivity (Wildman–Crippen MR) is 148 cm³/mol. The number of unbranched alkanes of at least 4 members (excludes halogenated alkanes) is 18. The molecule has 0 fully saturated rings. The van der Waals surface area contributed by atoms with Crippen LogP contribution in [0.25, 0.3) is 0 Å². The SMILES string of the molecule is CCCCCCCCCCCCCOC(=O)c1cccc(C(=O)OCCCCCCCCCCC)n1. The van der Waals surface area contributed by atoms with Crippen LogP contribution >= 0.6 is 0 Å². The maximum Gasteiger partial charge on any atom is 0.356 e. The fourth-order valence-electron chi connectivity index (χ4n) is 4.32. The summed E-state index contributed by atoms with van der Waals surface area (Å²) in [5, 5.41) is 0. The Hall–Kier alpha value is -1.91. The predicted octanol–water partition coefficient (Wildman–Crippen LogP) is 9.24. The standard InChI is InChI=1S/C31H53NO4/c1-3-5-7-9-11-13-14-16-18-20-22-27-36-31(34)29-25-23-24-28(32-29)30(33)35-26-21-19-17-15-12-10-8-6-4-2/h23-25H,3-22,26-27H2,1-2H3. The second kappa shape index (κ2) is 23.5. The van der Waals surface area contributed by atoms with Crippen molar-refractivity contribution in [3.63, 3.8) is 0 Å². The van der Waals surface area contributed by atoms with E-state index in [1.165, 1.54) is 103 Å². The van der Waals surface area contributed by atoms with Gasteiger partial charge in [-0.25, -0.2) is 14.6 Å². The van der Waals surface area contributed by atoms with Gasteiger partial charge in [-0.3, -0.25) is 0 Å². The number of rotatable bonds is 24. The molecule has 206 valence electrons. The molecule has 1 aromatic heterocycles. The van der Waals surface area contributed by atoms with Crippen LogP contribution in [0, 0.1) is 0 Å². The van der Waals surface area contributed by atoms with E-state index in [1.807, 2.05) is 0 Å². The van der Waals surface area contributed by atoms with Crippen LogP contribution in [0.4, 0.5) is 0 Å². The summed E-state index contributed by atoms with van der Waals surface area (Å²) in [4.78, 5) is 28.8. The second-order valence-electron chi connectivity index (χ2n) is 10.0. The van der Waals surface area contributed by atoms with Gasteiger partial charge in [-0.2, -0.15) is 0 Å². The Morgan fingerprint density at radius 2 is 0.833 bits per heavy atom. The number of hydrogen-bond donors (Lipinski definition) is 0. The van der Waals surface area contributed by atoms with Gasteiger partial charge in [0.1, 0.15) is 11.4 Å². The van der Waals surface area contributed by atoms with Gasteiger partial charge in [0.15, 0.2) is 0 Å². The van der Waals surface area contributed by atoms with E-state index in [4.69, 9.17) is 9.47 Å². The molecule has 5 nitrogen and oxygen atoms in total. The lowest BCUT2D eigenvalue weighted by atomic mass is 10.1. The van der Waals surface area contributed by atoms with Crippen LogP contribution in [0.15, 0.2) is 18.2 Å². The van der Waals surface area contributed by atoms with Crippen molar-refractivity contribution in [3.05, 3.63) is 29.6 Å². The summed E-state index contributed by atoms with van der Waals surface area (Å²) in [6.07, 6.45) is 24.7. The van der Waals surface area contributed by atoms with Gasteiger partial charge in [0, 0.05) is 0 Å². The van der Waals surface area contributed by atoms with Gasteiger partial charge < -0.3 is 9.47 Å². The molecular weight excluding hydrogens is 450 g/mol. The molecule has 0 aromatic carbocycles. The van der Waals surface area contributed by atoms with E-state index in [9.17, 15) is 9.59 Å². The topological polar surface area (TPSA) is 65.5 Å². The minimum atomic E-state index is -0.477. The van der Waals surface area contributed by atoms with Gasteiger partial charge >= 0.3 is 11.9 Å². The Kier molecular flexibility index (Phi) is 21.0. The Labute approximate surface area is 221 Å². The molecule has 0 aliphatic carbocycles. The molecule has 0 aliphatic rings. The Morgan fingerprint density at radius 1 is 0.528 bits per heavy atom. The lowest BCUT2D eigenvalue weighted by Gasteiger charge is -2.07. The highest BCUT2D eigenvalue weighted by Gasteiger charge is 2.14. The number of nitrogens with zero attached hydrogens (tertiary/aromatic N) is 1. The van der Waals surface area contributed by atoms with E-state index < -0.39 is 11.9 Å². The summed E-state index contributed by atoms with van der Waals surface area (Å²) in [5.41, 5.74) is 0.325. The molecule has 0 unspecified atom stereocenters. The lowest BCUT2D eigenvalue weighted by molar-refractivity contribution is 0.0482. The molecule has 0 N–H and O–H groups in total. The van der Waals surface area contributed by atoms with Gasteiger partial charge in [-0.15, -0.1) is 0 Å². The quantitative estimate of drug-likeness (QED) is 0.104. The average Bonchev–Trinajstić information content (AvgIpc) is 2.90. The van der Waals surface area contributed by atoms with Crippen molar-refractivity contribution in [2.45, 2.75) is 142 Å². The van der Waals surface area contributed by atoms with Crippen LogP contribution in [-0.4, -0.2) is 30.1 Å². The third-order valence-corrected chi connectivity index (χ3v) is 6.63. The van der Waals surface area contributed by atoms with Crippen molar-refractivity contribution >= 4 is 11.9 Å². The van der Waals surface area contributed by atoms with Gasteiger partial charge in [0.05, 0.1) is 13.2 Å². The second-order valence-corrected chi connectivity index (χ2v) is 10.0. The highest BCUT2D eigenvalue weighted by atomic mass is 16.5. The first kappa shape index (κ1) is 32.1. The minimum Gasteiger partial charge on any atom is -0.461 e. The maximum atomic E-state index is 12.3. The van der Waals surface area contributed by atoms with Crippen LogP contribution < -0.4 is 0 Å². The molecule has 1 aromatic rings. The number of pyridine rings is 1. The molecule has 0 bridgehead atoms. The van der Waals surface area contributed by atoms with E-state index >= 15 is 0 Å². The molecule has 5 heteroatoms. The van der Waals surface area contributed by atoms with Crippen LogP contribution in [0.3, 0.4) is 0 Å². The third-order valence-electron chi connectivity index (χ3n) is 6.63. The molecule has 0 amide bonds. The zero-order valence-corrected chi connectivity index (χ0v) is 23.4. The van der Waals surface area contributed by atoms with Crippen molar-refractivity contribution in [1.29, 1.82) is 0 Å². The zero-order chi connectivity index (χ0) is 26.1. The van der Waals surface area contributed by atoms with Gasteiger partial charge in [-0.05, 0) is 25.0 Å². The van der Waals surface area contributed by atoms with Crippen LogP contribution in [-0.2, 0) is 9.47 Å². The van der Waals surface area contributed by atoms with Crippen LogP contribution in [0.1, 0.15) is 163 Å². The molecule has 0 aliphatic heterocycles. The minimum absolute atomic E-state index is 0.162. The maximum absolute atomic E-state index is 12.3. The fourth-order valence-corrected chi connectivity index (χ4v) is 4.32.